The van der Waals surface area contributed by atoms with E-state index in [1.54, 1.807) is 0 Å². The first-order valence-corrected chi connectivity index (χ1v) is 13.8. The Morgan fingerprint density at radius 2 is 1.12 bits per heavy atom. The molecule has 0 radical (unpaired) electrons. The Hall–Kier alpha value is -5.42. The SMILES string of the molecule is c1ccc(N2c3ccccc3Oc3ccc(-c4cccc5c4Oc4cccc6c4B5c4ccccc4O6)cc32)cc1. The maximum absolute atomic E-state index is 6.71. The predicted molar refractivity (Wildman–Crippen MR) is 164 cm³/mol. The van der Waals surface area contributed by atoms with E-state index in [-0.39, 0.29) is 6.71 Å². The molecule has 0 fully saturated rings. The van der Waals surface area contributed by atoms with Crippen molar-refractivity contribution >= 4 is 40.2 Å². The summed E-state index contributed by atoms with van der Waals surface area (Å²) in [5.41, 5.74) is 8.55. The molecule has 0 atom stereocenters. The van der Waals surface area contributed by atoms with Gasteiger partial charge in [-0.2, -0.15) is 0 Å². The molecule has 3 heterocycles. The van der Waals surface area contributed by atoms with E-state index >= 15 is 0 Å². The van der Waals surface area contributed by atoms with E-state index in [2.05, 4.69) is 83.8 Å². The van der Waals surface area contributed by atoms with Gasteiger partial charge in [-0.15, -0.1) is 0 Å². The summed E-state index contributed by atoms with van der Waals surface area (Å²) in [6, 6.07) is 45.8. The third-order valence-corrected chi connectivity index (χ3v) is 8.18. The van der Waals surface area contributed by atoms with Gasteiger partial charge in [0.1, 0.15) is 23.0 Å². The second-order valence-corrected chi connectivity index (χ2v) is 10.5. The van der Waals surface area contributed by atoms with E-state index in [0.29, 0.717) is 0 Å². The Labute approximate surface area is 238 Å². The minimum atomic E-state index is 0.0310. The number of nitrogens with zero attached hydrogens (tertiary/aromatic N) is 1. The zero-order valence-corrected chi connectivity index (χ0v) is 22.0. The molecule has 0 unspecified atom stereocenters. The van der Waals surface area contributed by atoms with Crippen molar-refractivity contribution in [1.29, 1.82) is 0 Å². The van der Waals surface area contributed by atoms with E-state index in [9.17, 15) is 0 Å². The summed E-state index contributed by atoms with van der Waals surface area (Å²) in [7, 11) is 0. The average molecular weight is 527 g/mol. The molecule has 9 rings (SSSR count). The van der Waals surface area contributed by atoms with Crippen LogP contribution in [0.2, 0.25) is 0 Å². The molecule has 0 bridgehead atoms. The Bertz CT molecular complexity index is 2010. The number of hydrogen-bond acceptors (Lipinski definition) is 4. The molecule has 0 aromatic heterocycles. The Balaban J connectivity index is 1.23. The minimum Gasteiger partial charge on any atom is -0.458 e. The summed E-state index contributed by atoms with van der Waals surface area (Å²) in [6.07, 6.45) is 0. The highest BCUT2D eigenvalue weighted by Crippen LogP contribution is 2.51. The standard InChI is InChI=1S/C36H22BNO3/c1-2-10-24(11-3-1)38-28-15-5-7-17-31(28)40-32-21-20-23(22-29(32)38)25-12-8-14-27-36(25)41-34-19-9-18-33-35(34)37(27)26-13-4-6-16-30(26)39-33/h1-22H. The lowest BCUT2D eigenvalue weighted by Gasteiger charge is -2.34. The van der Waals surface area contributed by atoms with Gasteiger partial charge in [0.2, 0.25) is 0 Å². The molecule has 5 heteroatoms. The fourth-order valence-electron chi connectivity index (χ4n) is 6.41. The number of benzene rings is 6. The van der Waals surface area contributed by atoms with Crippen LogP contribution in [0.1, 0.15) is 0 Å². The third kappa shape index (κ3) is 3.29. The normalized spacial score (nSPS) is 13.4. The van der Waals surface area contributed by atoms with E-state index < -0.39 is 0 Å². The van der Waals surface area contributed by atoms with Crippen molar-refractivity contribution in [3.05, 3.63) is 133 Å². The van der Waals surface area contributed by atoms with Gasteiger partial charge >= 0.3 is 0 Å². The molecule has 4 nitrogen and oxygen atoms in total. The summed E-state index contributed by atoms with van der Waals surface area (Å²) in [6.45, 7) is 0.0310. The number of fused-ring (bicyclic) bond motifs is 6. The molecule has 0 saturated heterocycles. The van der Waals surface area contributed by atoms with Crippen LogP contribution in [-0.4, -0.2) is 6.71 Å². The highest BCUT2D eigenvalue weighted by Gasteiger charge is 2.40. The van der Waals surface area contributed by atoms with Crippen molar-refractivity contribution in [2.45, 2.75) is 0 Å². The fourth-order valence-corrected chi connectivity index (χ4v) is 6.41. The van der Waals surface area contributed by atoms with Gasteiger partial charge < -0.3 is 19.1 Å². The van der Waals surface area contributed by atoms with Crippen molar-refractivity contribution in [3.63, 3.8) is 0 Å². The second-order valence-electron chi connectivity index (χ2n) is 10.5. The first-order chi connectivity index (χ1) is 20.3. The van der Waals surface area contributed by atoms with Gasteiger partial charge in [0.15, 0.2) is 11.5 Å². The van der Waals surface area contributed by atoms with Crippen LogP contribution >= 0.6 is 0 Å². The minimum absolute atomic E-state index is 0.0310. The van der Waals surface area contributed by atoms with E-state index in [1.165, 1.54) is 0 Å². The molecule has 0 aliphatic carbocycles. The second kappa shape index (κ2) is 8.54. The zero-order chi connectivity index (χ0) is 26.9. The summed E-state index contributed by atoms with van der Waals surface area (Å²) in [4.78, 5) is 2.27. The molecule has 192 valence electrons. The monoisotopic (exact) mass is 527 g/mol. The van der Waals surface area contributed by atoms with Crippen molar-refractivity contribution in [3.8, 4) is 45.6 Å². The Morgan fingerprint density at radius 3 is 2.02 bits per heavy atom. The van der Waals surface area contributed by atoms with E-state index in [4.69, 9.17) is 14.2 Å². The van der Waals surface area contributed by atoms with Crippen molar-refractivity contribution in [1.82, 2.24) is 0 Å². The van der Waals surface area contributed by atoms with Crippen LogP contribution in [0.3, 0.4) is 0 Å². The maximum atomic E-state index is 6.71. The third-order valence-electron chi connectivity index (χ3n) is 8.18. The van der Waals surface area contributed by atoms with Gasteiger partial charge in [0.05, 0.1) is 11.4 Å². The van der Waals surface area contributed by atoms with Gasteiger partial charge in [0.25, 0.3) is 6.71 Å². The van der Waals surface area contributed by atoms with Crippen LogP contribution in [0.4, 0.5) is 17.1 Å². The highest BCUT2D eigenvalue weighted by molar-refractivity contribution is 6.98. The topological polar surface area (TPSA) is 30.9 Å². The highest BCUT2D eigenvalue weighted by atomic mass is 16.5. The molecule has 0 saturated carbocycles. The van der Waals surface area contributed by atoms with Gasteiger partial charge in [-0.1, -0.05) is 78.9 Å². The first-order valence-electron chi connectivity index (χ1n) is 13.8. The number of para-hydroxylation sites is 5. The zero-order valence-electron chi connectivity index (χ0n) is 22.0. The van der Waals surface area contributed by atoms with Crippen LogP contribution in [0.5, 0.6) is 34.5 Å². The van der Waals surface area contributed by atoms with E-state index in [0.717, 1.165) is 79.1 Å². The molecule has 41 heavy (non-hydrogen) atoms. The molecular weight excluding hydrogens is 505 g/mol. The lowest BCUT2D eigenvalue weighted by molar-refractivity contribution is 0.465. The van der Waals surface area contributed by atoms with Crippen molar-refractivity contribution in [2.75, 3.05) is 4.90 Å². The van der Waals surface area contributed by atoms with Crippen LogP contribution in [0, 0.1) is 0 Å². The van der Waals surface area contributed by atoms with Gasteiger partial charge in [-0.05, 0) is 71.1 Å². The van der Waals surface area contributed by atoms with E-state index in [1.807, 2.05) is 54.6 Å². The molecule has 3 aliphatic heterocycles. The average Bonchev–Trinajstić information content (AvgIpc) is 3.03. The van der Waals surface area contributed by atoms with Crippen molar-refractivity contribution < 1.29 is 14.2 Å². The quantitative estimate of drug-likeness (QED) is 0.216. The van der Waals surface area contributed by atoms with Crippen LogP contribution in [-0.2, 0) is 0 Å². The van der Waals surface area contributed by atoms with Gasteiger partial charge in [-0.3, -0.25) is 0 Å². The molecule has 6 aromatic rings. The summed E-state index contributed by atoms with van der Waals surface area (Å²) >= 11 is 0. The number of hydrogen-bond donors (Lipinski definition) is 0. The molecule has 0 spiro atoms. The summed E-state index contributed by atoms with van der Waals surface area (Å²) in [5, 5.41) is 0. The maximum Gasteiger partial charge on any atom is 0.260 e. The van der Waals surface area contributed by atoms with Gasteiger partial charge in [0, 0.05) is 16.7 Å². The smallest absolute Gasteiger partial charge is 0.260 e. The molecule has 3 aliphatic rings. The van der Waals surface area contributed by atoms with Crippen LogP contribution in [0.25, 0.3) is 11.1 Å². The van der Waals surface area contributed by atoms with Crippen LogP contribution < -0.4 is 35.5 Å². The molecule has 0 N–H and O–H groups in total. The van der Waals surface area contributed by atoms with Gasteiger partial charge in [-0.25, -0.2) is 0 Å². The molecule has 6 aromatic carbocycles. The number of rotatable bonds is 2. The van der Waals surface area contributed by atoms with Crippen LogP contribution in [0.15, 0.2) is 133 Å². The fraction of sp³-hybridized carbons (Fsp3) is 0. The molecule has 0 amide bonds. The number of ether oxygens (including phenoxy) is 3. The van der Waals surface area contributed by atoms with Crippen molar-refractivity contribution in [2.24, 2.45) is 0 Å². The largest absolute Gasteiger partial charge is 0.458 e. The molecular formula is C36H22BNO3. The lowest BCUT2D eigenvalue weighted by atomic mass is 9.34. The Kier molecular flexibility index (Phi) is 4.67. The summed E-state index contributed by atoms with van der Waals surface area (Å²) in [5.74, 6) is 5.11. The lowest BCUT2D eigenvalue weighted by Crippen LogP contribution is -2.57. The number of anilines is 3. The Morgan fingerprint density at radius 1 is 0.463 bits per heavy atom. The summed E-state index contributed by atoms with van der Waals surface area (Å²) < 4.78 is 19.4. The first kappa shape index (κ1) is 22.4. The predicted octanol–water partition coefficient (Wildman–Crippen LogP) is 7.66.